The number of hydrogen-bond donors (Lipinski definition) is 1. The molecule has 6 nitrogen and oxygen atoms in total. The fourth-order valence-corrected chi connectivity index (χ4v) is 4.83. The van der Waals surface area contributed by atoms with Gasteiger partial charge in [-0.3, -0.25) is 19.3 Å². The van der Waals surface area contributed by atoms with Gasteiger partial charge in [0.2, 0.25) is 6.54 Å². The number of hydrogen-bond acceptors (Lipinski definition) is 4. The minimum Gasteiger partial charge on any atom is -0.354 e. The third kappa shape index (κ3) is 5.04. The summed E-state index contributed by atoms with van der Waals surface area (Å²) in [6.07, 6.45) is 3.46. The molecule has 168 valence electrons. The number of rotatable bonds is 8. The third-order valence-corrected chi connectivity index (χ3v) is 6.62. The van der Waals surface area contributed by atoms with Gasteiger partial charge in [0.1, 0.15) is 0 Å². The van der Waals surface area contributed by atoms with E-state index in [1.165, 1.54) is 6.07 Å². The van der Waals surface area contributed by atoms with Crippen LogP contribution in [-0.2, 0) is 10.8 Å². The maximum atomic E-state index is 14.0. The van der Waals surface area contributed by atoms with Crippen LogP contribution in [0.4, 0.5) is 8.78 Å². The Kier molecular flexibility index (Phi) is 6.69. The van der Waals surface area contributed by atoms with E-state index in [1.807, 2.05) is 6.07 Å². The molecular weight excluding hydrogens is 448 g/mol. The van der Waals surface area contributed by atoms with E-state index in [0.717, 1.165) is 23.3 Å². The fraction of sp³-hybridized carbons (Fsp3) is 0.125. The van der Waals surface area contributed by atoms with E-state index < -0.39 is 27.4 Å². The Hall–Kier alpha value is -3.72. The first-order chi connectivity index (χ1) is 15.9. The van der Waals surface area contributed by atoms with Gasteiger partial charge in [0, 0.05) is 56.8 Å². The van der Waals surface area contributed by atoms with Crippen molar-refractivity contribution < 1.29 is 17.9 Å². The van der Waals surface area contributed by atoms with Crippen molar-refractivity contribution in [1.29, 1.82) is 0 Å². The molecular formula is C24H19F2N3O3S. The van der Waals surface area contributed by atoms with Crippen molar-refractivity contribution in [3.63, 3.8) is 0 Å². The summed E-state index contributed by atoms with van der Waals surface area (Å²) in [7, 11) is -1.45. The molecule has 9 heteroatoms. The van der Waals surface area contributed by atoms with Crippen LogP contribution >= 0.6 is 0 Å². The number of pyridine rings is 1. The van der Waals surface area contributed by atoms with Gasteiger partial charge >= 0.3 is 0 Å². The van der Waals surface area contributed by atoms with Crippen LogP contribution in [-0.4, -0.2) is 31.4 Å². The van der Waals surface area contributed by atoms with Crippen LogP contribution in [0.15, 0.2) is 78.0 Å². The summed E-state index contributed by atoms with van der Waals surface area (Å²) in [6.45, 7) is -0.247. The second kappa shape index (κ2) is 9.83. The molecule has 0 saturated carbocycles. The molecule has 0 amide bonds. The highest BCUT2D eigenvalue weighted by molar-refractivity contribution is 7.85. The molecule has 0 aliphatic carbocycles. The molecule has 2 aromatic carbocycles. The van der Waals surface area contributed by atoms with Gasteiger partial charge in [0.15, 0.2) is 11.6 Å². The molecule has 0 saturated heterocycles. The fourth-order valence-electron chi connectivity index (χ4n) is 3.56. The van der Waals surface area contributed by atoms with Crippen molar-refractivity contribution in [1.82, 2.24) is 9.97 Å². The monoisotopic (exact) mass is 467 g/mol. The lowest BCUT2D eigenvalue weighted by atomic mass is 10.0. The quantitative estimate of drug-likeness (QED) is 0.275. The molecule has 4 rings (SSSR count). The molecule has 4 aromatic rings. The maximum Gasteiger partial charge on any atom is 0.204 e. The van der Waals surface area contributed by atoms with Crippen LogP contribution in [0.3, 0.4) is 0 Å². The van der Waals surface area contributed by atoms with Crippen LogP contribution in [0.25, 0.3) is 33.6 Å². The minimum absolute atomic E-state index is 0.159. The summed E-state index contributed by atoms with van der Waals surface area (Å²) in [6, 6.07) is 16.2. The van der Waals surface area contributed by atoms with Crippen LogP contribution in [0.2, 0.25) is 0 Å². The first-order valence-corrected chi connectivity index (χ1v) is 11.4. The Morgan fingerprint density at radius 3 is 2.42 bits per heavy atom. The minimum atomic E-state index is -1.45. The van der Waals surface area contributed by atoms with E-state index >= 15 is 0 Å². The molecule has 0 spiro atoms. The topological polar surface area (TPSA) is 88.9 Å². The number of H-pyrrole nitrogens is 1. The molecule has 2 aromatic heterocycles. The standard InChI is InChI=1S/C24H19F2N3O3S/c25-20-7-6-17(14-21(20)26)24-19(16-8-10-27-11-9-16)15-22(28-24)18-4-1-2-5-23(18)33(32)13-3-12-29(30)31/h1-2,4-11,14-15,28H,3,12-13H2. The van der Waals surface area contributed by atoms with Crippen LogP contribution in [0, 0.1) is 21.7 Å². The summed E-state index contributed by atoms with van der Waals surface area (Å²) in [4.78, 5) is 18.0. The lowest BCUT2D eigenvalue weighted by molar-refractivity contribution is -0.479. The van der Waals surface area contributed by atoms with E-state index in [4.69, 9.17) is 0 Å². The molecule has 1 unspecified atom stereocenters. The number of nitrogens with one attached hydrogen (secondary N) is 1. The molecule has 1 N–H and O–H groups in total. The normalized spacial score (nSPS) is 11.9. The smallest absolute Gasteiger partial charge is 0.204 e. The summed E-state index contributed by atoms with van der Waals surface area (Å²) in [5, 5.41) is 10.6. The molecule has 2 heterocycles. The summed E-state index contributed by atoms with van der Waals surface area (Å²) >= 11 is 0. The van der Waals surface area contributed by atoms with Crippen molar-refractivity contribution in [2.75, 3.05) is 12.3 Å². The number of benzene rings is 2. The Balaban J connectivity index is 1.80. The lowest BCUT2D eigenvalue weighted by Gasteiger charge is -2.08. The molecule has 0 radical (unpaired) electrons. The van der Waals surface area contributed by atoms with Gasteiger partial charge in [-0.1, -0.05) is 18.2 Å². The molecule has 33 heavy (non-hydrogen) atoms. The zero-order valence-electron chi connectivity index (χ0n) is 17.3. The zero-order chi connectivity index (χ0) is 23.4. The molecule has 0 bridgehead atoms. The summed E-state index contributed by atoms with van der Waals surface area (Å²) < 4.78 is 40.4. The highest BCUT2D eigenvalue weighted by Crippen LogP contribution is 2.37. The van der Waals surface area contributed by atoms with E-state index in [-0.39, 0.29) is 18.7 Å². The predicted octanol–water partition coefficient (Wildman–Crippen LogP) is 5.46. The van der Waals surface area contributed by atoms with Crippen LogP contribution in [0.1, 0.15) is 6.42 Å². The zero-order valence-corrected chi connectivity index (χ0v) is 18.1. The number of aromatic amines is 1. The van der Waals surface area contributed by atoms with Gasteiger partial charge in [-0.25, -0.2) is 8.78 Å². The summed E-state index contributed by atoms with van der Waals surface area (Å²) in [5.74, 6) is -1.74. The molecule has 0 aliphatic rings. The highest BCUT2D eigenvalue weighted by atomic mass is 32.2. The Morgan fingerprint density at radius 2 is 1.70 bits per heavy atom. The third-order valence-electron chi connectivity index (χ3n) is 5.11. The number of halogens is 2. The van der Waals surface area contributed by atoms with E-state index in [1.54, 1.807) is 48.8 Å². The van der Waals surface area contributed by atoms with Gasteiger partial charge in [-0.15, -0.1) is 0 Å². The average molecular weight is 467 g/mol. The van der Waals surface area contributed by atoms with Gasteiger partial charge in [-0.2, -0.15) is 0 Å². The molecule has 1 atom stereocenters. The molecule has 0 fully saturated rings. The highest BCUT2D eigenvalue weighted by Gasteiger charge is 2.18. The number of aromatic nitrogens is 2. The maximum absolute atomic E-state index is 14.0. The second-order valence-corrected chi connectivity index (χ2v) is 8.83. The van der Waals surface area contributed by atoms with E-state index in [0.29, 0.717) is 27.4 Å². The van der Waals surface area contributed by atoms with Crippen molar-refractivity contribution >= 4 is 10.8 Å². The first kappa shape index (κ1) is 22.5. The van der Waals surface area contributed by atoms with Gasteiger partial charge in [0.25, 0.3) is 0 Å². The number of nitro groups is 1. The second-order valence-electron chi connectivity index (χ2n) is 7.29. The van der Waals surface area contributed by atoms with Crippen molar-refractivity contribution in [2.45, 2.75) is 11.3 Å². The van der Waals surface area contributed by atoms with E-state index in [9.17, 15) is 23.1 Å². The van der Waals surface area contributed by atoms with Crippen molar-refractivity contribution in [2.24, 2.45) is 0 Å². The van der Waals surface area contributed by atoms with Crippen molar-refractivity contribution in [3.05, 3.63) is 94.8 Å². The van der Waals surface area contributed by atoms with Gasteiger partial charge in [0.05, 0.1) is 16.5 Å². The Morgan fingerprint density at radius 1 is 0.939 bits per heavy atom. The van der Waals surface area contributed by atoms with Crippen LogP contribution < -0.4 is 0 Å². The molecule has 0 aliphatic heterocycles. The van der Waals surface area contributed by atoms with Crippen molar-refractivity contribution in [3.8, 4) is 33.6 Å². The first-order valence-electron chi connectivity index (χ1n) is 10.1. The van der Waals surface area contributed by atoms with E-state index in [2.05, 4.69) is 9.97 Å². The largest absolute Gasteiger partial charge is 0.354 e. The lowest BCUT2D eigenvalue weighted by Crippen LogP contribution is -2.07. The number of nitrogens with zero attached hydrogens (tertiary/aromatic N) is 2. The summed E-state index contributed by atoms with van der Waals surface area (Å²) in [5.41, 5.74) is 3.89. The van der Waals surface area contributed by atoms with Crippen LogP contribution in [0.5, 0.6) is 0 Å². The average Bonchev–Trinajstić information content (AvgIpc) is 3.26. The Bertz CT molecular complexity index is 1330. The van der Waals surface area contributed by atoms with Gasteiger partial charge < -0.3 is 4.98 Å². The SMILES string of the molecule is O=[N+]([O-])CCCS(=O)c1ccccc1-c1cc(-c2ccncc2)c(-c2ccc(F)c(F)c2)[nH]1. The Labute approximate surface area is 190 Å². The predicted molar refractivity (Wildman–Crippen MR) is 123 cm³/mol. The van der Waals surface area contributed by atoms with Gasteiger partial charge in [-0.05, 0) is 48.0 Å².